The molecule has 0 saturated carbocycles. The Balaban J connectivity index is 0. The maximum atomic E-state index is 10.5. The van der Waals surface area contributed by atoms with E-state index < -0.39 is 11.9 Å². The number of carbonyl (C=O) groups excluding carboxylic acids is 2. The molecule has 5 heteroatoms. The normalized spacial score (nSPS) is 8.18. The van der Waals surface area contributed by atoms with Gasteiger partial charge in [-0.3, -0.25) is 9.59 Å². The second-order valence-corrected chi connectivity index (χ2v) is 1.80. The molecule has 0 aliphatic carbocycles. The summed E-state index contributed by atoms with van der Waals surface area (Å²) in [5.41, 5.74) is 4.89. The third-order valence-electron chi connectivity index (χ3n) is 0.848. The summed E-state index contributed by atoms with van der Waals surface area (Å²) in [5, 5.41) is 0. The van der Waals surface area contributed by atoms with Crippen LogP contribution in [0.2, 0.25) is 0 Å². The first kappa shape index (κ1) is 13.7. The molecule has 2 N–H and O–H groups in total. The molecule has 0 aromatic rings. The molecule has 0 heterocycles. The van der Waals surface area contributed by atoms with Gasteiger partial charge in [-0.05, 0) is 6.42 Å². The van der Waals surface area contributed by atoms with E-state index in [0.29, 0.717) is 6.42 Å². The van der Waals surface area contributed by atoms with Crippen molar-refractivity contribution in [2.45, 2.75) is 19.8 Å². The first-order chi connectivity index (χ1) is 4.70. The van der Waals surface area contributed by atoms with E-state index in [-0.39, 0.29) is 42.5 Å². The van der Waals surface area contributed by atoms with Gasteiger partial charge in [0.15, 0.2) is 0 Å². The molecule has 0 aliphatic rings. The number of nitrogens with two attached hydrogens (primary N) is 1. The Morgan fingerprint density at radius 2 is 1.91 bits per heavy atom. The Kier molecular flexibility index (Phi) is 10.2. The summed E-state index contributed by atoms with van der Waals surface area (Å²) >= 11 is 0. The van der Waals surface area contributed by atoms with E-state index in [1.54, 1.807) is 0 Å². The van der Waals surface area contributed by atoms with Gasteiger partial charge in [-0.15, -0.1) is 0 Å². The van der Waals surface area contributed by atoms with Gasteiger partial charge < -0.3 is 10.5 Å². The molecule has 0 aliphatic heterocycles. The van der Waals surface area contributed by atoms with E-state index >= 15 is 0 Å². The summed E-state index contributed by atoms with van der Waals surface area (Å²) in [4.78, 5) is 20.8. The van der Waals surface area contributed by atoms with Crippen LogP contribution >= 0.6 is 0 Å². The predicted molar refractivity (Wildman–Crippen MR) is 42.2 cm³/mol. The summed E-state index contributed by atoms with van der Waals surface area (Å²) in [5.74, 6) is -1.17. The fourth-order valence-corrected chi connectivity index (χ4v) is 0.424. The number of ether oxygens (including phenoxy) is 1. The Bertz CT molecular complexity index is 138. The van der Waals surface area contributed by atoms with Crippen LogP contribution in [0.1, 0.15) is 19.8 Å². The van der Waals surface area contributed by atoms with Crippen molar-refractivity contribution in [2.75, 3.05) is 6.54 Å². The molecule has 0 aromatic heterocycles. The first-order valence-corrected chi connectivity index (χ1v) is 3.14. The van der Waals surface area contributed by atoms with E-state index in [2.05, 4.69) is 4.74 Å². The average Bonchev–Trinajstić information content (AvgIpc) is 1.88. The molecule has 0 rings (SSSR count). The van der Waals surface area contributed by atoms with Crippen molar-refractivity contribution in [3.63, 3.8) is 0 Å². The minimum atomic E-state index is -0.668. The minimum absolute atomic E-state index is 0. The fourth-order valence-electron chi connectivity index (χ4n) is 0.424. The summed E-state index contributed by atoms with van der Waals surface area (Å²) in [6, 6.07) is 0. The molecule has 0 amide bonds. The standard InChI is InChI=1S/C6H11NO3.Na.H/c1-2-3-5(8)10-6(9)4-7;;/h2-4,7H2,1H3;;. The molecule has 0 spiro atoms. The second kappa shape index (κ2) is 8.20. The number of carbonyl (C=O) groups is 2. The Hall–Kier alpha value is 0.1000. The van der Waals surface area contributed by atoms with Crippen molar-refractivity contribution >= 4 is 41.5 Å². The van der Waals surface area contributed by atoms with Crippen molar-refractivity contribution in [1.29, 1.82) is 0 Å². The van der Waals surface area contributed by atoms with E-state index in [1.165, 1.54) is 0 Å². The van der Waals surface area contributed by atoms with Gasteiger partial charge in [0.2, 0.25) is 0 Å². The Labute approximate surface area is 87.8 Å². The molecule has 0 saturated heterocycles. The van der Waals surface area contributed by atoms with Gasteiger partial charge in [-0.2, -0.15) is 0 Å². The number of esters is 2. The van der Waals surface area contributed by atoms with Gasteiger partial charge in [0, 0.05) is 6.42 Å². The average molecular weight is 169 g/mol. The molecule has 0 aromatic carbocycles. The third kappa shape index (κ3) is 8.00. The van der Waals surface area contributed by atoms with Crippen LogP contribution < -0.4 is 5.73 Å². The van der Waals surface area contributed by atoms with Crippen molar-refractivity contribution in [3.8, 4) is 0 Å². The van der Waals surface area contributed by atoms with E-state index in [1.807, 2.05) is 6.92 Å². The quantitative estimate of drug-likeness (QED) is 0.340. The van der Waals surface area contributed by atoms with Gasteiger partial charge in [0.1, 0.15) is 0 Å². The SMILES string of the molecule is CCCC(=O)OC(=O)CN.[NaH]. The van der Waals surface area contributed by atoms with Crippen molar-refractivity contribution in [1.82, 2.24) is 0 Å². The van der Waals surface area contributed by atoms with Crippen molar-refractivity contribution in [2.24, 2.45) is 5.73 Å². The zero-order chi connectivity index (χ0) is 7.98. The van der Waals surface area contributed by atoms with E-state index in [0.717, 1.165) is 0 Å². The van der Waals surface area contributed by atoms with Crippen LogP contribution in [0.4, 0.5) is 0 Å². The van der Waals surface area contributed by atoms with Gasteiger partial charge in [0.05, 0.1) is 6.54 Å². The maximum absolute atomic E-state index is 10.5. The Morgan fingerprint density at radius 1 is 1.36 bits per heavy atom. The van der Waals surface area contributed by atoms with Crippen molar-refractivity contribution < 1.29 is 14.3 Å². The van der Waals surface area contributed by atoms with Gasteiger partial charge in [0.25, 0.3) is 0 Å². The monoisotopic (exact) mass is 169 g/mol. The molecular weight excluding hydrogens is 157 g/mol. The van der Waals surface area contributed by atoms with Crippen LogP contribution in [0.15, 0.2) is 0 Å². The third-order valence-corrected chi connectivity index (χ3v) is 0.848. The predicted octanol–water partition coefficient (Wildman–Crippen LogP) is -0.834. The molecule has 0 unspecified atom stereocenters. The summed E-state index contributed by atoms with van der Waals surface area (Å²) in [7, 11) is 0. The van der Waals surface area contributed by atoms with Crippen LogP contribution in [0.25, 0.3) is 0 Å². The molecular formula is C6H12NNaO3. The van der Waals surface area contributed by atoms with Crippen LogP contribution in [-0.2, 0) is 14.3 Å². The molecule has 0 radical (unpaired) electrons. The summed E-state index contributed by atoms with van der Waals surface area (Å²) in [6.07, 6.45) is 0.947. The summed E-state index contributed by atoms with van der Waals surface area (Å²) in [6.45, 7) is 1.59. The molecule has 4 nitrogen and oxygen atoms in total. The van der Waals surface area contributed by atoms with E-state index in [4.69, 9.17) is 5.73 Å². The molecule has 0 atom stereocenters. The molecule has 60 valence electrons. The van der Waals surface area contributed by atoms with Crippen LogP contribution in [0.3, 0.4) is 0 Å². The number of hydrogen-bond donors (Lipinski definition) is 1. The van der Waals surface area contributed by atoms with Crippen LogP contribution in [-0.4, -0.2) is 48.0 Å². The van der Waals surface area contributed by atoms with Crippen molar-refractivity contribution in [3.05, 3.63) is 0 Å². The molecule has 11 heavy (non-hydrogen) atoms. The van der Waals surface area contributed by atoms with Gasteiger partial charge in [-0.1, -0.05) is 6.92 Å². The zero-order valence-electron chi connectivity index (χ0n) is 5.92. The van der Waals surface area contributed by atoms with Crippen LogP contribution in [0, 0.1) is 0 Å². The molecule has 0 bridgehead atoms. The molecule has 0 fully saturated rings. The topological polar surface area (TPSA) is 69.4 Å². The Morgan fingerprint density at radius 3 is 2.27 bits per heavy atom. The zero-order valence-corrected chi connectivity index (χ0v) is 5.92. The number of hydrogen-bond acceptors (Lipinski definition) is 4. The second-order valence-electron chi connectivity index (χ2n) is 1.80. The van der Waals surface area contributed by atoms with E-state index in [9.17, 15) is 9.59 Å². The van der Waals surface area contributed by atoms with Crippen LogP contribution in [0.5, 0.6) is 0 Å². The van der Waals surface area contributed by atoms with Gasteiger partial charge >= 0.3 is 41.5 Å². The summed E-state index contributed by atoms with van der Waals surface area (Å²) < 4.78 is 4.24. The fraction of sp³-hybridized carbons (Fsp3) is 0.667. The number of rotatable bonds is 3. The first-order valence-electron chi connectivity index (χ1n) is 3.14. The van der Waals surface area contributed by atoms with Gasteiger partial charge in [-0.25, -0.2) is 0 Å².